The quantitative estimate of drug-likeness (QED) is 0.555. The predicted octanol–water partition coefficient (Wildman–Crippen LogP) is 1.27. The fourth-order valence-electron chi connectivity index (χ4n) is 1.99. The smallest absolute Gasteiger partial charge is 0.251 e. The van der Waals surface area contributed by atoms with Crippen molar-refractivity contribution < 1.29 is 9.53 Å². The molecule has 1 saturated heterocycles. The fraction of sp³-hybridized carbons (Fsp3) is 0.462. The van der Waals surface area contributed by atoms with Gasteiger partial charge >= 0.3 is 0 Å². The van der Waals surface area contributed by atoms with Crippen LogP contribution in [0.5, 0.6) is 0 Å². The summed E-state index contributed by atoms with van der Waals surface area (Å²) < 4.78 is 5.56. The van der Waals surface area contributed by atoms with Crippen molar-refractivity contribution in [1.82, 2.24) is 5.32 Å². The van der Waals surface area contributed by atoms with Crippen LogP contribution in [0.1, 0.15) is 29.6 Å². The maximum atomic E-state index is 11.9. The first-order valence-electron chi connectivity index (χ1n) is 6.26. The molecule has 0 saturated carbocycles. The number of hydrogen-bond acceptors (Lipinski definition) is 4. The SMILES string of the molecule is NNc1ccc(C(=O)NC[C@@H]2CCCCO2)cc1. The predicted molar refractivity (Wildman–Crippen MR) is 70.2 cm³/mol. The molecule has 5 nitrogen and oxygen atoms in total. The van der Waals surface area contributed by atoms with Crippen LogP contribution >= 0.6 is 0 Å². The largest absolute Gasteiger partial charge is 0.376 e. The molecule has 98 valence electrons. The van der Waals surface area contributed by atoms with E-state index in [2.05, 4.69) is 10.7 Å². The maximum Gasteiger partial charge on any atom is 0.251 e. The number of rotatable bonds is 4. The van der Waals surface area contributed by atoms with E-state index in [4.69, 9.17) is 10.6 Å². The van der Waals surface area contributed by atoms with Crippen LogP contribution in [-0.4, -0.2) is 25.2 Å². The Morgan fingerprint density at radius 3 is 2.72 bits per heavy atom. The molecule has 0 aliphatic carbocycles. The van der Waals surface area contributed by atoms with Crippen molar-refractivity contribution in [3.8, 4) is 0 Å². The zero-order valence-corrected chi connectivity index (χ0v) is 10.3. The second-order valence-corrected chi connectivity index (χ2v) is 4.42. The summed E-state index contributed by atoms with van der Waals surface area (Å²) >= 11 is 0. The van der Waals surface area contributed by atoms with Gasteiger partial charge in [-0.05, 0) is 43.5 Å². The van der Waals surface area contributed by atoms with E-state index in [9.17, 15) is 4.79 Å². The van der Waals surface area contributed by atoms with E-state index in [1.807, 2.05) is 0 Å². The minimum Gasteiger partial charge on any atom is -0.376 e. The molecule has 0 bridgehead atoms. The summed E-state index contributed by atoms with van der Waals surface area (Å²) in [5, 5.41) is 2.89. The van der Waals surface area contributed by atoms with Crippen molar-refractivity contribution in [2.45, 2.75) is 25.4 Å². The Labute approximate surface area is 107 Å². The second-order valence-electron chi connectivity index (χ2n) is 4.42. The number of hydrogen-bond donors (Lipinski definition) is 3. The Bertz CT molecular complexity index is 386. The van der Waals surface area contributed by atoms with Gasteiger partial charge in [0.25, 0.3) is 5.91 Å². The Hall–Kier alpha value is -1.59. The third-order valence-corrected chi connectivity index (χ3v) is 3.08. The number of amides is 1. The monoisotopic (exact) mass is 249 g/mol. The van der Waals surface area contributed by atoms with Gasteiger partial charge in [0, 0.05) is 24.4 Å². The van der Waals surface area contributed by atoms with Gasteiger partial charge in [0.1, 0.15) is 0 Å². The maximum absolute atomic E-state index is 11.9. The fourth-order valence-corrected chi connectivity index (χ4v) is 1.99. The van der Waals surface area contributed by atoms with Crippen molar-refractivity contribution in [1.29, 1.82) is 0 Å². The lowest BCUT2D eigenvalue weighted by molar-refractivity contribution is 0.0169. The number of anilines is 1. The van der Waals surface area contributed by atoms with Gasteiger partial charge in [0.05, 0.1) is 6.10 Å². The standard InChI is InChI=1S/C13H19N3O2/c14-16-11-6-4-10(5-7-11)13(17)15-9-12-3-1-2-8-18-12/h4-7,12,16H,1-3,8-9,14H2,(H,15,17)/t12-/m0/s1. The number of carbonyl (C=O) groups excluding carboxylic acids is 1. The summed E-state index contributed by atoms with van der Waals surface area (Å²) in [6, 6.07) is 7.02. The molecular weight excluding hydrogens is 230 g/mol. The lowest BCUT2D eigenvalue weighted by Gasteiger charge is -2.22. The molecule has 2 rings (SSSR count). The lowest BCUT2D eigenvalue weighted by atomic mass is 10.1. The number of nitrogens with two attached hydrogens (primary N) is 1. The van der Waals surface area contributed by atoms with Crippen LogP contribution in [0.2, 0.25) is 0 Å². The molecule has 1 aliphatic rings. The summed E-state index contributed by atoms with van der Waals surface area (Å²) in [5.41, 5.74) is 3.93. The zero-order valence-electron chi connectivity index (χ0n) is 10.3. The molecule has 1 aromatic rings. The van der Waals surface area contributed by atoms with Crippen LogP contribution in [0.25, 0.3) is 0 Å². The zero-order chi connectivity index (χ0) is 12.8. The Kier molecular flexibility index (Phi) is 4.55. The van der Waals surface area contributed by atoms with E-state index in [1.165, 1.54) is 6.42 Å². The Morgan fingerprint density at radius 2 is 2.11 bits per heavy atom. The first-order valence-corrected chi connectivity index (χ1v) is 6.26. The van der Waals surface area contributed by atoms with Gasteiger partial charge in [-0.1, -0.05) is 0 Å². The van der Waals surface area contributed by atoms with Gasteiger partial charge in [0.2, 0.25) is 0 Å². The van der Waals surface area contributed by atoms with E-state index in [1.54, 1.807) is 24.3 Å². The molecule has 0 unspecified atom stereocenters. The van der Waals surface area contributed by atoms with Crippen LogP contribution in [0.15, 0.2) is 24.3 Å². The van der Waals surface area contributed by atoms with Crippen LogP contribution in [0, 0.1) is 0 Å². The molecule has 18 heavy (non-hydrogen) atoms. The van der Waals surface area contributed by atoms with Crippen molar-refractivity contribution >= 4 is 11.6 Å². The molecule has 0 aromatic heterocycles. The molecule has 1 aliphatic heterocycles. The highest BCUT2D eigenvalue weighted by Gasteiger charge is 2.15. The van der Waals surface area contributed by atoms with Gasteiger partial charge in [-0.3, -0.25) is 10.6 Å². The first-order chi connectivity index (χ1) is 8.79. The Morgan fingerprint density at radius 1 is 1.33 bits per heavy atom. The first kappa shape index (κ1) is 12.9. The normalized spacial score (nSPS) is 19.3. The second kappa shape index (κ2) is 6.37. The van der Waals surface area contributed by atoms with Gasteiger partial charge in [-0.2, -0.15) is 0 Å². The number of carbonyl (C=O) groups is 1. The molecule has 5 heteroatoms. The van der Waals surface area contributed by atoms with Crippen molar-refractivity contribution in [2.24, 2.45) is 5.84 Å². The molecule has 1 atom stereocenters. The minimum absolute atomic E-state index is 0.0762. The molecule has 0 spiro atoms. The van der Waals surface area contributed by atoms with E-state index in [0.717, 1.165) is 25.1 Å². The number of hydrazine groups is 1. The number of nitrogen functional groups attached to an aromatic ring is 1. The number of ether oxygens (including phenoxy) is 1. The molecule has 4 N–H and O–H groups in total. The summed E-state index contributed by atoms with van der Waals surface area (Å²) in [5.74, 6) is 5.19. The van der Waals surface area contributed by atoms with E-state index in [0.29, 0.717) is 12.1 Å². The summed E-state index contributed by atoms with van der Waals surface area (Å²) in [6.45, 7) is 1.38. The highest BCUT2D eigenvalue weighted by molar-refractivity contribution is 5.94. The number of benzene rings is 1. The van der Waals surface area contributed by atoms with Crippen molar-refractivity contribution in [3.05, 3.63) is 29.8 Å². The van der Waals surface area contributed by atoms with Gasteiger partial charge < -0.3 is 15.5 Å². The van der Waals surface area contributed by atoms with Crippen LogP contribution in [-0.2, 0) is 4.74 Å². The highest BCUT2D eigenvalue weighted by Crippen LogP contribution is 2.12. The van der Waals surface area contributed by atoms with Crippen molar-refractivity contribution in [3.63, 3.8) is 0 Å². The summed E-state index contributed by atoms with van der Waals surface area (Å²) in [6.07, 6.45) is 3.49. The molecule has 0 radical (unpaired) electrons. The van der Waals surface area contributed by atoms with Crippen LogP contribution in [0.4, 0.5) is 5.69 Å². The third kappa shape index (κ3) is 3.45. The average Bonchev–Trinajstić information content (AvgIpc) is 2.46. The van der Waals surface area contributed by atoms with Crippen molar-refractivity contribution in [2.75, 3.05) is 18.6 Å². The number of nitrogens with one attached hydrogen (secondary N) is 2. The van der Waals surface area contributed by atoms with E-state index >= 15 is 0 Å². The molecule has 1 fully saturated rings. The summed E-state index contributed by atoms with van der Waals surface area (Å²) in [4.78, 5) is 11.9. The highest BCUT2D eigenvalue weighted by atomic mass is 16.5. The third-order valence-electron chi connectivity index (χ3n) is 3.08. The molecular formula is C13H19N3O2. The van der Waals surface area contributed by atoms with Crippen LogP contribution in [0.3, 0.4) is 0 Å². The topological polar surface area (TPSA) is 76.4 Å². The average molecular weight is 249 g/mol. The molecule has 1 aromatic carbocycles. The van der Waals surface area contributed by atoms with Crippen LogP contribution < -0.4 is 16.6 Å². The lowest BCUT2D eigenvalue weighted by Crippen LogP contribution is -2.35. The van der Waals surface area contributed by atoms with E-state index in [-0.39, 0.29) is 12.0 Å². The minimum atomic E-state index is -0.0762. The van der Waals surface area contributed by atoms with E-state index < -0.39 is 0 Å². The van der Waals surface area contributed by atoms with Gasteiger partial charge in [0.15, 0.2) is 0 Å². The molecule has 1 heterocycles. The van der Waals surface area contributed by atoms with Gasteiger partial charge in [-0.25, -0.2) is 0 Å². The Balaban J connectivity index is 1.82. The molecule has 1 amide bonds. The summed E-state index contributed by atoms with van der Waals surface area (Å²) in [7, 11) is 0. The van der Waals surface area contributed by atoms with Gasteiger partial charge in [-0.15, -0.1) is 0 Å².